The highest BCUT2D eigenvalue weighted by Gasteiger charge is 2.34. The quantitative estimate of drug-likeness (QED) is 0.616. The third kappa shape index (κ3) is 3.77. The van der Waals surface area contributed by atoms with Crippen molar-refractivity contribution in [2.24, 2.45) is 0 Å². The summed E-state index contributed by atoms with van der Waals surface area (Å²) in [5, 5.41) is 2.76. The van der Waals surface area contributed by atoms with Crippen molar-refractivity contribution in [3.63, 3.8) is 0 Å². The maximum Gasteiger partial charge on any atom is 0.418 e. The fourth-order valence-corrected chi connectivity index (χ4v) is 3.72. The Bertz CT molecular complexity index is 655. The van der Waals surface area contributed by atoms with E-state index in [0.717, 1.165) is 17.4 Å². The second-order valence-electron chi connectivity index (χ2n) is 4.31. The summed E-state index contributed by atoms with van der Waals surface area (Å²) in [4.78, 5) is 0. The number of rotatable bonds is 3. The van der Waals surface area contributed by atoms with Crippen LogP contribution in [0.2, 0.25) is 13.7 Å². The van der Waals surface area contributed by atoms with E-state index in [9.17, 15) is 13.2 Å². The van der Waals surface area contributed by atoms with E-state index in [0.29, 0.717) is 14.2 Å². The van der Waals surface area contributed by atoms with Gasteiger partial charge in [-0.1, -0.05) is 40.9 Å². The number of hydrogen-bond acceptors (Lipinski definition) is 2. The van der Waals surface area contributed by atoms with Crippen molar-refractivity contribution in [1.82, 2.24) is 0 Å². The van der Waals surface area contributed by atoms with Crippen molar-refractivity contribution in [1.29, 1.82) is 0 Å². The normalized spacial score (nSPS) is 13.3. The second-order valence-corrected chi connectivity index (χ2v) is 7.00. The van der Waals surface area contributed by atoms with Crippen LogP contribution in [0.5, 0.6) is 0 Å². The fraction of sp³-hybridized carbons (Fsp3) is 0.231. The summed E-state index contributed by atoms with van der Waals surface area (Å²) in [6.45, 7) is 1.69. The summed E-state index contributed by atoms with van der Waals surface area (Å²) < 4.78 is 40.0. The molecule has 1 atom stereocenters. The van der Waals surface area contributed by atoms with Crippen molar-refractivity contribution in [3.05, 3.63) is 49.1 Å². The van der Waals surface area contributed by atoms with Gasteiger partial charge in [-0.3, -0.25) is 0 Å². The first-order chi connectivity index (χ1) is 9.70. The van der Waals surface area contributed by atoms with Gasteiger partial charge in [0.1, 0.15) is 0 Å². The number of alkyl halides is 3. The molecule has 21 heavy (non-hydrogen) atoms. The highest BCUT2D eigenvalue weighted by atomic mass is 35.5. The van der Waals surface area contributed by atoms with Crippen LogP contribution < -0.4 is 5.32 Å². The summed E-state index contributed by atoms with van der Waals surface area (Å²) >= 11 is 18.9. The highest BCUT2D eigenvalue weighted by molar-refractivity contribution is 7.20. The van der Waals surface area contributed by atoms with Gasteiger partial charge in [0.25, 0.3) is 0 Å². The molecule has 8 heteroatoms. The van der Waals surface area contributed by atoms with Crippen molar-refractivity contribution >= 4 is 51.8 Å². The van der Waals surface area contributed by atoms with Crippen LogP contribution in [-0.4, -0.2) is 0 Å². The Morgan fingerprint density at radius 3 is 2.38 bits per heavy atom. The first kappa shape index (κ1) is 16.7. The van der Waals surface area contributed by atoms with Crippen LogP contribution >= 0.6 is 46.1 Å². The van der Waals surface area contributed by atoms with Crippen LogP contribution in [0.3, 0.4) is 0 Å². The molecule has 0 radical (unpaired) electrons. The summed E-state index contributed by atoms with van der Waals surface area (Å²) in [7, 11) is 0. The first-order valence-electron chi connectivity index (χ1n) is 5.77. The van der Waals surface area contributed by atoms with Gasteiger partial charge in [0.05, 0.1) is 31.0 Å². The lowest BCUT2D eigenvalue weighted by molar-refractivity contribution is -0.137. The Morgan fingerprint density at radius 1 is 1.19 bits per heavy atom. The molecule has 2 aromatic rings. The molecule has 0 amide bonds. The monoisotopic (exact) mass is 373 g/mol. The molecular formula is C13H9Cl3F3NS. The third-order valence-electron chi connectivity index (χ3n) is 2.83. The zero-order valence-electron chi connectivity index (χ0n) is 10.6. The van der Waals surface area contributed by atoms with E-state index in [-0.39, 0.29) is 10.7 Å². The van der Waals surface area contributed by atoms with E-state index in [1.54, 1.807) is 13.0 Å². The molecule has 1 unspecified atom stereocenters. The molecule has 0 bridgehead atoms. The van der Waals surface area contributed by atoms with Gasteiger partial charge in [-0.15, -0.1) is 11.3 Å². The number of nitrogens with one attached hydrogen (secondary N) is 1. The fourth-order valence-electron chi connectivity index (χ4n) is 1.85. The predicted octanol–water partition coefficient (Wildman–Crippen LogP) is 6.90. The summed E-state index contributed by atoms with van der Waals surface area (Å²) in [5.41, 5.74) is -0.364. The maximum atomic E-state index is 13.0. The van der Waals surface area contributed by atoms with Gasteiger partial charge >= 0.3 is 6.18 Å². The maximum absolute atomic E-state index is 13.0. The smallest absolute Gasteiger partial charge is 0.377 e. The standard InChI is InChI=1S/C13H9Cl3F3NS/c1-6(7-5-10(15)21-12(7)16)20-11-8(13(17,18)19)3-2-4-9(11)14/h2-6,20H,1H3. The van der Waals surface area contributed by atoms with Crippen LogP contribution in [0.4, 0.5) is 18.9 Å². The minimum absolute atomic E-state index is 0.00544. The molecule has 0 saturated heterocycles. The zero-order valence-corrected chi connectivity index (χ0v) is 13.6. The number of hydrogen-bond donors (Lipinski definition) is 1. The van der Waals surface area contributed by atoms with Gasteiger partial charge in [-0.05, 0) is 25.1 Å². The van der Waals surface area contributed by atoms with Gasteiger partial charge in [0.2, 0.25) is 0 Å². The molecule has 2 rings (SSSR count). The Hall–Kier alpha value is -0.620. The van der Waals surface area contributed by atoms with Crippen LogP contribution in [0.15, 0.2) is 24.3 Å². The summed E-state index contributed by atoms with van der Waals surface area (Å²) in [5.74, 6) is 0. The lowest BCUT2D eigenvalue weighted by atomic mass is 10.1. The molecule has 0 aliphatic rings. The van der Waals surface area contributed by atoms with E-state index < -0.39 is 17.8 Å². The van der Waals surface area contributed by atoms with E-state index in [1.165, 1.54) is 12.1 Å². The minimum atomic E-state index is -4.50. The van der Waals surface area contributed by atoms with E-state index in [1.807, 2.05) is 0 Å². The summed E-state index contributed by atoms with van der Waals surface area (Å²) in [6, 6.07) is 4.78. The molecule has 0 saturated carbocycles. The van der Waals surface area contributed by atoms with Gasteiger partial charge in [0.15, 0.2) is 0 Å². The lowest BCUT2D eigenvalue weighted by Gasteiger charge is -2.20. The van der Waals surface area contributed by atoms with Crippen LogP contribution in [-0.2, 0) is 6.18 Å². The average molecular weight is 375 g/mol. The van der Waals surface area contributed by atoms with Gasteiger partial charge in [0, 0.05) is 5.56 Å². The predicted molar refractivity (Wildman–Crippen MR) is 82.8 cm³/mol. The highest BCUT2D eigenvalue weighted by Crippen LogP contribution is 2.41. The van der Waals surface area contributed by atoms with E-state index in [4.69, 9.17) is 34.8 Å². The average Bonchev–Trinajstić information content (AvgIpc) is 2.69. The van der Waals surface area contributed by atoms with Crippen LogP contribution in [0, 0.1) is 0 Å². The molecule has 0 aliphatic heterocycles. The number of para-hydroxylation sites is 1. The molecule has 1 nitrogen and oxygen atoms in total. The molecule has 1 aromatic heterocycles. The Kier molecular flexibility index (Phi) is 4.98. The number of benzene rings is 1. The zero-order chi connectivity index (χ0) is 15.8. The number of thiophene rings is 1. The number of halogens is 6. The van der Waals surface area contributed by atoms with Crippen molar-refractivity contribution in [2.45, 2.75) is 19.1 Å². The van der Waals surface area contributed by atoms with Crippen LogP contribution in [0.1, 0.15) is 24.1 Å². The first-order valence-corrected chi connectivity index (χ1v) is 7.72. The third-order valence-corrected chi connectivity index (χ3v) is 4.66. The molecule has 1 aromatic carbocycles. The topological polar surface area (TPSA) is 12.0 Å². The van der Waals surface area contributed by atoms with Crippen molar-refractivity contribution < 1.29 is 13.2 Å². The van der Waals surface area contributed by atoms with Gasteiger partial charge < -0.3 is 5.32 Å². The van der Waals surface area contributed by atoms with Crippen molar-refractivity contribution in [3.8, 4) is 0 Å². The summed E-state index contributed by atoms with van der Waals surface area (Å²) in [6.07, 6.45) is -4.50. The Balaban J connectivity index is 2.37. The minimum Gasteiger partial charge on any atom is -0.377 e. The second kappa shape index (κ2) is 6.24. The van der Waals surface area contributed by atoms with Crippen molar-refractivity contribution in [2.75, 3.05) is 5.32 Å². The molecule has 114 valence electrons. The number of anilines is 1. The molecule has 0 aliphatic carbocycles. The Morgan fingerprint density at radius 2 is 1.86 bits per heavy atom. The molecule has 1 N–H and O–H groups in total. The molecule has 0 spiro atoms. The van der Waals surface area contributed by atoms with E-state index in [2.05, 4.69) is 5.32 Å². The molecule has 1 heterocycles. The SMILES string of the molecule is CC(Nc1c(Cl)cccc1C(F)(F)F)c1cc(Cl)sc1Cl. The van der Waals surface area contributed by atoms with Gasteiger partial charge in [-0.2, -0.15) is 13.2 Å². The lowest BCUT2D eigenvalue weighted by Crippen LogP contribution is -2.13. The Labute approximate surface area is 138 Å². The molecular weight excluding hydrogens is 366 g/mol. The molecule has 0 fully saturated rings. The van der Waals surface area contributed by atoms with E-state index >= 15 is 0 Å². The van der Waals surface area contributed by atoms with Crippen LogP contribution in [0.25, 0.3) is 0 Å². The van der Waals surface area contributed by atoms with Gasteiger partial charge in [-0.25, -0.2) is 0 Å². The largest absolute Gasteiger partial charge is 0.418 e.